The number of carbonyl (C=O) groups is 2. The number of aromatic nitrogens is 1. The summed E-state index contributed by atoms with van der Waals surface area (Å²) in [5.74, 6) is 0.112. The Balaban J connectivity index is 1.94. The Bertz CT molecular complexity index is 493. The Hall–Kier alpha value is -1.43. The van der Waals surface area contributed by atoms with Crippen LogP contribution in [-0.4, -0.2) is 23.5 Å². The molecule has 1 saturated carbocycles. The number of hydrogen-bond acceptors (Lipinski definition) is 5. The highest BCUT2D eigenvalue weighted by Crippen LogP contribution is 2.28. The average molecular weight is 296 g/mol. The standard InChI is InChI=1S/C14H20N2O3S/c1-3-19-13(18)12-9(2)15-14(20-12)16-11(17)8-10-6-4-5-7-10/h10H,3-8H2,1-2H3,(H,15,16,17). The summed E-state index contributed by atoms with van der Waals surface area (Å²) in [7, 11) is 0. The molecule has 1 aromatic heterocycles. The van der Waals surface area contributed by atoms with E-state index in [0.717, 1.165) is 12.8 Å². The van der Waals surface area contributed by atoms with Gasteiger partial charge in [-0.15, -0.1) is 0 Å². The van der Waals surface area contributed by atoms with Gasteiger partial charge in [-0.3, -0.25) is 4.79 Å². The molecule has 0 unspecified atom stereocenters. The number of amides is 1. The smallest absolute Gasteiger partial charge is 0.350 e. The molecule has 6 heteroatoms. The van der Waals surface area contributed by atoms with Gasteiger partial charge in [-0.1, -0.05) is 24.2 Å². The van der Waals surface area contributed by atoms with E-state index in [4.69, 9.17) is 4.74 Å². The van der Waals surface area contributed by atoms with Crippen molar-refractivity contribution in [2.24, 2.45) is 5.92 Å². The van der Waals surface area contributed by atoms with Crippen molar-refractivity contribution in [3.63, 3.8) is 0 Å². The van der Waals surface area contributed by atoms with Crippen molar-refractivity contribution in [1.82, 2.24) is 4.98 Å². The van der Waals surface area contributed by atoms with Gasteiger partial charge in [0.2, 0.25) is 5.91 Å². The summed E-state index contributed by atoms with van der Waals surface area (Å²) in [4.78, 5) is 28.3. The maximum absolute atomic E-state index is 11.9. The van der Waals surface area contributed by atoms with Crippen LogP contribution in [0.5, 0.6) is 0 Å². The number of rotatable bonds is 5. The molecular weight excluding hydrogens is 276 g/mol. The van der Waals surface area contributed by atoms with Gasteiger partial charge in [0.15, 0.2) is 5.13 Å². The molecular formula is C14H20N2O3S. The maximum Gasteiger partial charge on any atom is 0.350 e. The molecule has 1 fully saturated rings. The van der Waals surface area contributed by atoms with Crippen LogP contribution in [0.4, 0.5) is 5.13 Å². The van der Waals surface area contributed by atoms with Crippen LogP contribution in [0.15, 0.2) is 0 Å². The fourth-order valence-corrected chi connectivity index (χ4v) is 3.36. The molecule has 2 rings (SSSR count). The van der Waals surface area contributed by atoms with Crippen LogP contribution in [0.25, 0.3) is 0 Å². The lowest BCUT2D eigenvalue weighted by Crippen LogP contribution is -2.14. The summed E-state index contributed by atoms with van der Waals surface area (Å²) in [5.41, 5.74) is 0.601. The van der Waals surface area contributed by atoms with Crippen molar-refractivity contribution in [3.05, 3.63) is 10.6 Å². The van der Waals surface area contributed by atoms with Crippen molar-refractivity contribution in [3.8, 4) is 0 Å². The Morgan fingerprint density at radius 3 is 2.75 bits per heavy atom. The normalized spacial score (nSPS) is 15.3. The second kappa shape index (κ2) is 6.83. The van der Waals surface area contributed by atoms with Crippen LogP contribution in [0.2, 0.25) is 0 Å². The zero-order valence-electron chi connectivity index (χ0n) is 11.9. The van der Waals surface area contributed by atoms with E-state index in [-0.39, 0.29) is 11.9 Å². The van der Waals surface area contributed by atoms with Gasteiger partial charge in [0, 0.05) is 6.42 Å². The van der Waals surface area contributed by atoms with E-state index in [0.29, 0.717) is 34.6 Å². The number of anilines is 1. The van der Waals surface area contributed by atoms with Crippen molar-refractivity contribution < 1.29 is 14.3 Å². The molecule has 0 radical (unpaired) electrons. The molecule has 20 heavy (non-hydrogen) atoms. The van der Waals surface area contributed by atoms with Gasteiger partial charge in [0.1, 0.15) is 4.88 Å². The maximum atomic E-state index is 11.9. The van der Waals surface area contributed by atoms with Gasteiger partial charge < -0.3 is 10.1 Å². The molecule has 1 aromatic rings. The summed E-state index contributed by atoms with van der Waals surface area (Å²) >= 11 is 1.18. The Kier molecular flexibility index (Phi) is 5.11. The highest BCUT2D eigenvalue weighted by molar-refractivity contribution is 7.17. The van der Waals surface area contributed by atoms with Crippen molar-refractivity contribution in [2.45, 2.75) is 46.0 Å². The van der Waals surface area contributed by atoms with E-state index in [1.54, 1.807) is 13.8 Å². The van der Waals surface area contributed by atoms with E-state index >= 15 is 0 Å². The van der Waals surface area contributed by atoms with Gasteiger partial charge in [-0.05, 0) is 32.6 Å². The predicted octanol–water partition coefficient (Wildman–Crippen LogP) is 3.15. The molecule has 0 atom stereocenters. The second-order valence-corrected chi connectivity index (χ2v) is 6.06. The van der Waals surface area contributed by atoms with Crippen molar-refractivity contribution >= 4 is 28.3 Å². The first-order valence-electron chi connectivity index (χ1n) is 7.04. The van der Waals surface area contributed by atoms with E-state index in [1.165, 1.54) is 24.2 Å². The summed E-state index contributed by atoms with van der Waals surface area (Å²) in [5, 5.41) is 3.27. The summed E-state index contributed by atoms with van der Waals surface area (Å²) in [6.07, 6.45) is 5.27. The second-order valence-electron chi connectivity index (χ2n) is 5.06. The monoisotopic (exact) mass is 296 g/mol. The SMILES string of the molecule is CCOC(=O)c1sc(NC(=O)CC2CCCC2)nc1C. The van der Waals surface area contributed by atoms with Crippen LogP contribution in [0, 0.1) is 12.8 Å². The molecule has 110 valence electrons. The van der Waals surface area contributed by atoms with Gasteiger partial charge in [0.25, 0.3) is 0 Å². The quantitative estimate of drug-likeness (QED) is 0.847. The third-order valence-electron chi connectivity index (χ3n) is 3.45. The minimum atomic E-state index is -0.376. The topological polar surface area (TPSA) is 68.3 Å². The Labute approximate surface area is 122 Å². The first kappa shape index (κ1) is 15.0. The molecule has 0 spiro atoms. The van der Waals surface area contributed by atoms with Crippen LogP contribution in [0.3, 0.4) is 0 Å². The number of aryl methyl sites for hydroxylation is 1. The molecule has 1 amide bonds. The Morgan fingerprint density at radius 1 is 1.40 bits per heavy atom. The molecule has 0 bridgehead atoms. The summed E-state index contributed by atoms with van der Waals surface area (Å²) in [6.45, 7) is 3.84. The fraction of sp³-hybridized carbons (Fsp3) is 0.643. The number of ether oxygens (including phenoxy) is 1. The molecule has 1 N–H and O–H groups in total. The predicted molar refractivity (Wildman–Crippen MR) is 78.0 cm³/mol. The number of esters is 1. The molecule has 0 aromatic carbocycles. The Morgan fingerprint density at radius 2 is 2.10 bits per heavy atom. The van der Waals surface area contributed by atoms with Crippen molar-refractivity contribution in [2.75, 3.05) is 11.9 Å². The van der Waals surface area contributed by atoms with Crippen LogP contribution < -0.4 is 5.32 Å². The summed E-state index contributed by atoms with van der Waals surface area (Å²) in [6, 6.07) is 0. The minimum Gasteiger partial charge on any atom is -0.462 e. The number of hydrogen-bond donors (Lipinski definition) is 1. The molecule has 0 saturated heterocycles. The highest BCUT2D eigenvalue weighted by atomic mass is 32.1. The van der Waals surface area contributed by atoms with Crippen molar-refractivity contribution in [1.29, 1.82) is 0 Å². The van der Waals surface area contributed by atoms with Gasteiger partial charge in [-0.2, -0.15) is 0 Å². The lowest BCUT2D eigenvalue weighted by Gasteiger charge is -2.07. The molecule has 1 heterocycles. The molecule has 1 aliphatic rings. The van der Waals surface area contributed by atoms with E-state index in [9.17, 15) is 9.59 Å². The minimum absolute atomic E-state index is 0.0129. The van der Waals surface area contributed by atoms with Crippen LogP contribution >= 0.6 is 11.3 Å². The number of thiazole rings is 1. The highest BCUT2D eigenvalue weighted by Gasteiger charge is 2.21. The molecule has 0 aliphatic heterocycles. The first-order valence-corrected chi connectivity index (χ1v) is 7.86. The van der Waals surface area contributed by atoms with Gasteiger partial charge in [0.05, 0.1) is 12.3 Å². The average Bonchev–Trinajstić information content (AvgIpc) is 2.99. The van der Waals surface area contributed by atoms with E-state index in [1.807, 2.05) is 0 Å². The summed E-state index contributed by atoms with van der Waals surface area (Å²) < 4.78 is 4.95. The van der Waals surface area contributed by atoms with E-state index in [2.05, 4.69) is 10.3 Å². The van der Waals surface area contributed by atoms with Crippen LogP contribution in [0.1, 0.15) is 54.4 Å². The molecule has 1 aliphatic carbocycles. The lowest BCUT2D eigenvalue weighted by atomic mass is 10.0. The van der Waals surface area contributed by atoms with E-state index < -0.39 is 0 Å². The lowest BCUT2D eigenvalue weighted by molar-refractivity contribution is -0.117. The zero-order chi connectivity index (χ0) is 14.5. The van der Waals surface area contributed by atoms with Gasteiger partial charge in [-0.25, -0.2) is 9.78 Å². The first-order chi connectivity index (χ1) is 9.60. The van der Waals surface area contributed by atoms with Crippen LogP contribution in [-0.2, 0) is 9.53 Å². The number of nitrogens with one attached hydrogen (secondary N) is 1. The molecule has 5 nitrogen and oxygen atoms in total. The third kappa shape index (κ3) is 3.79. The zero-order valence-corrected chi connectivity index (χ0v) is 12.7. The number of nitrogens with zero attached hydrogens (tertiary/aromatic N) is 1. The number of carbonyl (C=O) groups excluding carboxylic acids is 2. The third-order valence-corrected chi connectivity index (χ3v) is 4.51. The largest absolute Gasteiger partial charge is 0.462 e. The van der Waals surface area contributed by atoms with Gasteiger partial charge >= 0.3 is 5.97 Å². The fourth-order valence-electron chi connectivity index (χ4n) is 2.48.